The summed E-state index contributed by atoms with van der Waals surface area (Å²) in [5, 5.41) is 18.7. The summed E-state index contributed by atoms with van der Waals surface area (Å²) in [5.41, 5.74) is 14.8. The van der Waals surface area contributed by atoms with Gasteiger partial charge in [-0.05, 0) is 22.9 Å². The van der Waals surface area contributed by atoms with Crippen molar-refractivity contribution < 1.29 is 16.8 Å². The van der Waals surface area contributed by atoms with Crippen LogP contribution >= 0.6 is 0 Å². The number of tetrazole rings is 1. The van der Waals surface area contributed by atoms with Crippen LogP contribution in [0, 0.1) is 0 Å². The van der Waals surface area contributed by atoms with Gasteiger partial charge in [0.1, 0.15) is 9.79 Å². The third kappa shape index (κ3) is 4.33. The number of anilines is 2. The van der Waals surface area contributed by atoms with Gasteiger partial charge < -0.3 is 16.9 Å². The number of hydrogen-bond acceptors (Lipinski definition) is 11. The molecule has 0 radical (unpaired) electrons. The zero-order chi connectivity index (χ0) is 22.8. The maximum atomic E-state index is 12.8. The lowest BCUT2D eigenvalue weighted by molar-refractivity contribution is 0.574. The number of aromatic amines is 1. The molecular weight excluding hydrogens is 448 g/mol. The van der Waals surface area contributed by atoms with Gasteiger partial charge in [-0.3, -0.25) is 5.84 Å². The summed E-state index contributed by atoms with van der Waals surface area (Å²) < 4.78 is 53.0. The monoisotopic (exact) mass is 468 g/mol. The molecule has 0 saturated carbocycles. The van der Waals surface area contributed by atoms with Crippen LogP contribution in [0.1, 0.15) is 0 Å². The van der Waals surface area contributed by atoms with Gasteiger partial charge in [0.05, 0.1) is 16.9 Å². The van der Waals surface area contributed by atoms with Crippen molar-refractivity contribution in [1.29, 1.82) is 0 Å². The molecule has 16 heteroatoms. The molecule has 1 heterocycles. The quantitative estimate of drug-likeness (QED) is 0.111. The van der Waals surface area contributed by atoms with Crippen molar-refractivity contribution in [3.63, 3.8) is 0 Å². The van der Waals surface area contributed by atoms with Crippen LogP contribution in [0.15, 0.2) is 40.1 Å². The minimum atomic E-state index is -4.61. The van der Waals surface area contributed by atoms with Crippen LogP contribution in [-0.2, 0) is 20.0 Å². The number of hydrogen-bond donors (Lipinski definition) is 7. The predicted octanol–water partition coefficient (Wildman–Crippen LogP) is -1.71. The number of hydrazine groups is 1. The van der Waals surface area contributed by atoms with Gasteiger partial charge >= 0.3 is 0 Å². The summed E-state index contributed by atoms with van der Waals surface area (Å²) in [5.74, 6) is 5.27. The minimum Gasteiger partial charge on any atom is -0.397 e. The van der Waals surface area contributed by atoms with Crippen LogP contribution in [0.25, 0.3) is 22.5 Å². The fourth-order valence-corrected chi connectivity index (χ4v) is 5.62. The highest BCUT2D eigenvalue weighted by Crippen LogP contribution is 2.41. The smallest absolute Gasteiger partial charge is 0.241 e. The Morgan fingerprint density at radius 2 is 1.81 bits per heavy atom. The highest BCUT2D eigenvalue weighted by atomic mass is 32.2. The summed E-state index contributed by atoms with van der Waals surface area (Å²) in [4.78, 5) is -1.32. The van der Waals surface area contributed by atoms with Gasteiger partial charge in [0, 0.05) is 18.7 Å². The van der Waals surface area contributed by atoms with E-state index in [1.165, 1.54) is 6.07 Å². The van der Waals surface area contributed by atoms with Crippen LogP contribution in [-0.4, -0.2) is 50.5 Å². The Labute approximate surface area is 177 Å². The third-order valence-corrected chi connectivity index (χ3v) is 6.88. The molecule has 0 aliphatic rings. The summed E-state index contributed by atoms with van der Waals surface area (Å²) >= 11 is 0. The second kappa shape index (κ2) is 8.53. The molecule has 3 rings (SSSR count). The molecule has 0 unspecified atom stereocenters. The second-order valence-corrected chi connectivity index (χ2v) is 9.43. The Hall–Kier alpha value is -3.15. The number of H-pyrrole nitrogens is 1. The van der Waals surface area contributed by atoms with Crippen LogP contribution in [0.5, 0.6) is 0 Å². The van der Waals surface area contributed by atoms with Gasteiger partial charge in [0.2, 0.25) is 25.9 Å². The van der Waals surface area contributed by atoms with Gasteiger partial charge in [-0.25, -0.2) is 26.7 Å². The number of nitrogens with two attached hydrogens (primary N) is 4. The second-order valence-electron chi connectivity index (χ2n) is 6.19. The lowest BCUT2D eigenvalue weighted by Gasteiger charge is -2.18. The maximum Gasteiger partial charge on any atom is 0.241 e. The van der Waals surface area contributed by atoms with E-state index >= 15 is 0 Å². The average Bonchev–Trinajstić information content (AvgIpc) is 3.25. The number of nitrogens with one attached hydrogen (secondary N) is 3. The highest BCUT2D eigenvalue weighted by molar-refractivity contribution is 7.92. The summed E-state index contributed by atoms with van der Waals surface area (Å²) in [6.45, 7) is -0.127. The molecule has 0 fully saturated rings. The molecule has 2 aromatic carbocycles. The standard InChI is InChI=1S/C15H20N10O4S2/c16-6-7-20-31(28,29)11-5-4-8(9-2-1-3-10(21-18)13(9)17)12(14(11)30(19,26)27)15-22-24-25-23-15/h1-5,20-21H,6-7,16-18H2,(H2,19,26,27)(H,22,23,24,25). The van der Waals surface area contributed by atoms with E-state index in [-0.39, 0.29) is 35.7 Å². The van der Waals surface area contributed by atoms with Crippen LogP contribution in [0.4, 0.5) is 11.4 Å². The van der Waals surface area contributed by atoms with Gasteiger partial charge in [-0.2, -0.15) is 5.21 Å². The number of nitrogen functional groups attached to an aromatic ring is 2. The first kappa shape index (κ1) is 22.5. The molecule has 11 N–H and O–H groups in total. The average molecular weight is 469 g/mol. The zero-order valence-electron chi connectivity index (χ0n) is 15.9. The zero-order valence-corrected chi connectivity index (χ0v) is 17.5. The van der Waals surface area contributed by atoms with Crippen LogP contribution in [0.2, 0.25) is 0 Å². The van der Waals surface area contributed by atoms with Crippen molar-refractivity contribution in [3.05, 3.63) is 30.3 Å². The van der Waals surface area contributed by atoms with E-state index in [1.807, 2.05) is 0 Å². The number of benzene rings is 2. The number of sulfonamides is 2. The largest absolute Gasteiger partial charge is 0.397 e. The van der Waals surface area contributed by atoms with Crippen molar-refractivity contribution in [3.8, 4) is 22.5 Å². The highest BCUT2D eigenvalue weighted by Gasteiger charge is 2.32. The predicted molar refractivity (Wildman–Crippen MR) is 113 cm³/mol. The molecule has 0 amide bonds. The van der Waals surface area contributed by atoms with Gasteiger partial charge in [0.25, 0.3) is 0 Å². The Balaban J connectivity index is 2.46. The molecule has 0 atom stereocenters. The number of para-hydroxylation sites is 1. The first-order valence-corrected chi connectivity index (χ1v) is 11.6. The third-order valence-electron chi connectivity index (χ3n) is 4.25. The molecule has 166 valence electrons. The van der Waals surface area contributed by atoms with Crippen molar-refractivity contribution in [1.82, 2.24) is 25.3 Å². The van der Waals surface area contributed by atoms with Gasteiger partial charge in [-0.1, -0.05) is 18.2 Å². The first-order valence-electron chi connectivity index (χ1n) is 8.60. The Bertz CT molecular complexity index is 1310. The summed E-state index contributed by atoms with van der Waals surface area (Å²) in [6, 6.07) is 7.26. The SMILES string of the molecule is NCCNS(=O)(=O)c1ccc(-c2cccc(NN)c2N)c(-c2nn[nH]n2)c1S(N)(=O)=O. The summed E-state index contributed by atoms with van der Waals surface area (Å²) in [6.07, 6.45) is 0. The number of aromatic nitrogens is 4. The van der Waals surface area contributed by atoms with Gasteiger partial charge in [-0.15, -0.1) is 10.2 Å². The number of primary sulfonamides is 1. The van der Waals surface area contributed by atoms with Crippen molar-refractivity contribution in [2.45, 2.75) is 9.79 Å². The molecule has 3 aromatic rings. The lowest BCUT2D eigenvalue weighted by Crippen LogP contribution is -2.31. The molecule has 0 aliphatic heterocycles. The van der Waals surface area contributed by atoms with E-state index in [9.17, 15) is 16.8 Å². The first-order chi connectivity index (χ1) is 14.6. The Kier molecular flexibility index (Phi) is 6.20. The van der Waals surface area contributed by atoms with Crippen molar-refractivity contribution >= 4 is 31.4 Å². The molecule has 14 nitrogen and oxygen atoms in total. The fourth-order valence-electron chi connectivity index (χ4n) is 2.97. The molecule has 0 aliphatic carbocycles. The van der Waals surface area contributed by atoms with Gasteiger partial charge in [0.15, 0.2) is 0 Å². The molecule has 0 bridgehead atoms. The van der Waals surface area contributed by atoms with Crippen LogP contribution < -0.4 is 32.6 Å². The van der Waals surface area contributed by atoms with E-state index in [1.54, 1.807) is 18.2 Å². The Morgan fingerprint density at radius 3 is 2.39 bits per heavy atom. The van der Waals surface area contributed by atoms with E-state index in [2.05, 4.69) is 30.8 Å². The Morgan fingerprint density at radius 1 is 1.06 bits per heavy atom. The van der Waals surface area contributed by atoms with Crippen molar-refractivity contribution in [2.24, 2.45) is 16.7 Å². The summed E-state index contributed by atoms with van der Waals surface area (Å²) in [7, 11) is -8.92. The number of nitrogens with zero attached hydrogens (tertiary/aromatic N) is 3. The molecule has 31 heavy (non-hydrogen) atoms. The van der Waals surface area contributed by atoms with Crippen molar-refractivity contribution in [2.75, 3.05) is 24.2 Å². The van der Waals surface area contributed by atoms with E-state index < -0.39 is 29.8 Å². The van der Waals surface area contributed by atoms with E-state index in [0.29, 0.717) is 11.3 Å². The number of rotatable bonds is 8. The molecule has 0 spiro atoms. The fraction of sp³-hybridized carbons (Fsp3) is 0.133. The van der Waals surface area contributed by atoms with Crippen LogP contribution in [0.3, 0.4) is 0 Å². The molecule has 1 aromatic heterocycles. The van der Waals surface area contributed by atoms with E-state index in [4.69, 9.17) is 22.4 Å². The maximum absolute atomic E-state index is 12.8. The molecule has 0 saturated heterocycles. The van der Waals surface area contributed by atoms with E-state index in [0.717, 1.165) is 6.07 Å². The topological polar surface area (TPSA) is 251 Å². The normalized spacial score (nSPS) is 12.1. The molecular formula is C15H20N10O4S2. The minimum absolute atomic E-state index is 0.00483. The lowest BCUT2D eigenvalue weighted by atomic mass is 9.97.